The van der Waals surface area contributed by atoms with Crippen molar-refractivity contribution in [2.45, 2.75) is 23.0 Å². The van der Waals surface area contributed by atoms with E-state index in [4.69, 9.17) is 9.47 Å². The zero-order valence-corrected chi connectivity index (χ0v) is 16.9. The summed E-state index contributed by atoms with van der Waals surface area (Å²) in [7, 11) is -2.94. The van der Waals surface area contributed by atoms with E-state index < -0.39 is 9.84 Å². The third kappa shape index (κ3) is 4.44. The molecule has 1 saturated heterocycles. The molecule has 0 saturated carbocycles. The van der Waals surface area contributed by atoms with Gasteiger partial charge < -0.3 is 14.8 Å². The summed E-state index contributed by atoms with van der Waals surface area (Å²) in [5.41, 5.74) is 1.64. The van der Waals surface area contributed by atoms with Gasteiger partial charge in [-0.2, -0.15) is 0 Å². The second kappa shape index (κ2) is 8.05. The first kappa shape index (κ1) is 19.1. The van der Waals surface area contributed by atoms with Crippen LogP contribution in [-0.2, 0) is 16.3 Å². The quantitative estimate of drug-likeness (QED) is 0.775. The fourth-order valence-electron chi connectivity index (χ4n) is 3.30. The van der Waals surface area contributed by atoms with Gasteiger partial charge in [0.2, 0.25) is 6.79 Å². The number of amides is 1. The standard InChI is InChI=1S/C20H21NO5S2/c22-20(21-9-7-14-5-6-17-18(11-14)26-13-25-17)16-3-1-2-4-19(16)27-15-8-10-28(23,24)12-15/h1-6,11,15H,7-10,12-13H2,(H,21,22)/t15-/m1/s1. The molecule has 0 spiro atoms. The molecule has 0 aliphatic carbocycles. The van der Waals surface area contributed by atoms with Crippen LogP contribution in [0.4, 0.5) is 0 Å². The van der Waals surface area contributed by atoms with E-state index in [0.29, 0.717) is 24.9 Å². The van der Waals surface area contributed by atoms with E-state index in [2.05, 4.69) is 5.32 Å². The normalized spacial score (nSPS) is 19.5. The van der Waals surface area contributed by atoms with Crippen molar-refractivity contribution in [2.24, 2.45) is 0 Å². The molecule has 6 nitrogen and oxygen atoms in total. The Morgan fingerprint density at radius 3 is 2.79 bits per heavy atom. The summed E-state index contributed by atoms with van der Waals surface area (Å²) >= 11 is 1.48. The SMILES string of the molecule is O=C(NCCc1ccc2c(c1)OCO2)c1ccccc1S[C@@H]1CCS(=O)(=O)C1. The lowest BCUT2D eigenvalue weighted by atomic mass is 10.1. The van der Waals surface area contributed by atoms with E-state index >= 15 is 0 Å². The monoisotopic (exact) mass is 419 g/mol. The summed E-state index contributed by atoms with van der Waals surface area (Å²) < 4.78 is 34.1. The molecule has 0 bridgehead atoms. The van der Waals surface area contributed by atoms with Crippen molar-refractivity contribution in [1.82, 2.24) is 5.32 Å². The van der Waals surface area contributed by atoms with Crippen molar-refractivity contribution < 1.29 is 22.7 Å². The number of carbonyl (C=O) groups excluding carboxylic acids is 1. The van der Waals surface area contributed by atoms with Gasteiger partial charge in [0.25, 0.3) is 5.91 Å². The highest BCUT2D eigenvalue weighted by atomic mass is 32.2. The van der Waals surface area contributed by atoms with Gasteiger partial charge in [0.15, 0.2) is 21.3 Å². The number of hydrogen-bond acceptors (Lipinski definition) is 6. The minimum absolute atomic E-state index is 0.00702. The Hall–Kier alpha value is -2.19. The molecule has 2 aliphatic heterocycles. The average Bonchev–Trinajstić information content (AvgIpc) is 3.27. The molecule has 28 heavy (non-hydrogen) atoms. The molecule has 1 amide bonds. The molecule has 0 unspecified atom stereocenters. The number of benzene rings is 2. The fourth-order valence-corrected chi connectivity index (χ4v) is 6.93. The lowest BCUT2D eigenvalue weighted by Gasteiger charge is -2.13. The summed E-state index contributed by atoms with van der Waals surface area (Å²) in [6.45, 7) is 0.738. The van der Waals surface area contributed by atoms with Gasteiger partial charge in [0.1, 0.15) is 0 Å². The average molecular weight is 420 g/mol. The number of carbonyl (C=O) groups is 1. The van der Waals surface area contributed by atoms with Crippen LogP contribution in [0.3, 0.4) is 0 Å². The van der Waals surface area contributed by atoms with Gasteiger partial charge in [-0.05, 0) is 42.7 Å². The van der Waals surface area contributed by atoms with Crippen LogP contribution in [0.5, 0.6) is 11.5 Å². The summed E-state index contributed by atoms with van der Waals surface area (Å²) in [6, 6.07) is 13.1. The third-order valence-electron chi connectivity index (χ3n) is 4.75. The first-order valence-corrected chi connectivity index (χ1v) is 11.8. The van der Waals surface area contributed by atoms with Crippen LogP contribution in [0.25, 0.3) is 0 Å². The summed E-state index contributed by atoms with van der Waals surface area (Å²) in [6.07, 6.45) is 1.31. The molecule has 0 radical (unpaired) electrons. The first-order valence-electron chi connectivity index (χ1n) is 9.13. The molecule has 1 fully saturated rings. The molecule has 2 aromatic rings. The number of nitrogens with one attached hydrogen (secondary N) is 1. The molecule has 0 aromatic heterocycles. The molecule has 2 aromatic carbocycles. The lowest BCUT2D eigenvalue weighted by molar-refractivity contribution is 0.0951. The number of rotatable bonds is 6. The van der Waals surface area contributed by atoms with Gasteiger partial charge in [-0.15, -0.1) is 11.8 Å². The molecule has 4 rings (SSSR count). The maximum Gasteiger partial charge on any atom is 0.252 e. The Balaban J connectivity index is 1.36. The van der Waals surface area contributed by atoms with E-state index in [-0.39, 0.29) is 29.5 Å². The highest BCUT2D eigenvalue weighted by Gasteiger charge is 2.29. The zero-order chi connectivity index (χ0) is 19.6. The molecule has 148 valence electrons. The van der Waals surface area contributed by atoms with Crippen molar-refractivity contribution >= 4 is 27.5 Å². The lowest BCUT2D eigenvalue weighted by Crippen LogP contribution is -2.26. The fraction of sp³-hybridized carbons (Fsp3) is 0.350. The van der Waals surface area contributed by atoms with Gasteiger partial charge in [0.05, 0.1) is 17.1 Å². The second-order valence-electron chi connectivity index (χ2n) is 6.83. The number of thioether (sulfide) groups is 1. The van der Waals surface area contributed by atoms with E-state index in [1.807, 2.05) is 36.4 Å². The maximum absolute atomic E-state index is 12.7. The summed E-state index contributed by atoms with van der Waals surface area (Å²) in [4.78, 5) is 13.5. The topological polar surface area (TPSA) is 81.7 Å². The van der Waals surface area contributed by atoms with Crippen molar-refractivity contribution in [1.29, 1.82) is 0 Å². The molecule has 2 heterocycles. The van der Waals surface area contributed by atoms with E-state index in [1.54, 1.807) is 6.07 Å². The first-order chi connectivity index (χ1) is 13.5. The van der Waals surface area contributed by atoms with Gasteiger partial charge in [-0.3, -0.25) is 4.79 Å². The zero-order valence-electron chi connectivity index (χ0n) is 15.2. The van der Waals surface area contributed by atoms with Crippen LogP contribution in [0.15, 0.2) is 47.4 Å². The summed E-state index contributed by atoms with van der Waals surface area (Å²) in [5, 5.41) is 2.96. The largest absolute Gasteiger partial charge is 0.454 e. The molecular weight excluding hydrogens is 398 g/mol. The van der Waals surface area contributed by atoms with Gasteiger partial charge >= 0.3 is 0 Å². The minimum atomic E-state index is -2.94. The number of sulfone groups is 1. The molecule has 1 N–H and O–H groups in total. The highest BCUT2D eigenvalue weighted by molar-refractivity contribution is 8.02. The predicted octanol–water partition coefficient (Wildman–Crippen LogP) is 2.67. The van der Waals surface area contributed by atoms with Crippen LogP contribution in [0.2, 0.25) is 0 Å². The molecule has 2 aliphatic rings. The molecule has 1 atom stereocenters. The molecule has 8 heteroatoms. The van der Waals surface area contributed by atoms with E-state index in [0.717, 1.165) is 22.0 Å². The highest BCUT2D eigenvalue weighted by Crippen LogP contribution is 2.34. The second-order valence-corrected chi connectivity index (χ2v) is 10.4. The van der Waals surface area contributed by atoms with Crippen molar-refractivity contribution in [3.05, 3.63) is 53.6 Å². The van der Waals surface area contributed by atoms with E-state index in [1.165, 1.54) is 11.8 Å². The predicted molar refractivity (Wildman–Crippen MR) is 108 cm³/mol. The van der Waals surface area contributed by atoms with Crippen molar-refractivity contribution in [3.63, 3.8) is 0 Å². The van der Waals surface area contributed by atoms with E-state index in [9.17, 15) is 13.2 Å². The Bertz CT molecular complexity index is 990. The number of hydrogen-bond donors (Lipinski definition) is 1. The smallest absolute Gasteiger partial charge is 0.252 e. The van der Waals surface area contributed by atoms with Crippen LogP contribution < -0.4 is 14.8 Å². The minimum Gasteiger partial charge on any atom is -0.454 e. The van der Waals surface area contributed by atoms with Crippen LogP contribution in [-0.4, -0.2) is 44.4 Å². The molecular formula is C20H21NO5S2. The van der Waals surface area contributed by atoms with Gasteiger partial charge in [-0.1, -0.05) is 18.2 Å². The third-order valence-corrected chi connectivity index (χ3v) is 8.08. The van der Waals surface area contributed by atoms with Crippen LogP contribution >= 0.6 is 11.8 Å². The van der Waals surface area contributed by atoms with Gasteiger partial charge in [-0.25, -0.2) is 8.42 Å². The van der Waals surface area contributed by atoms with Gasteiger partial charge in [0, 0.05) is 16.7 Å². The maximum atomic E-state index is 12.7. The van der Waals surface area contributed by atoms with Crippen molar-refractivity contribution in [3.8, 4) is 11.5 Å². The van der Waals surface area contributed by atoms with Crippen molar-refractivity contribution in [2.75, 3.05) is 24.8 Å². The summed E-state index contributed by atoms with van der Waals surface area (Å²) in [5.74, 6) is 1.74. The Morgan fingerprint density at radius 2 is 1.96 bits per heavy atom. The van der Waals surface area contributed by atoms with Crippen LogP contribution in [0, 0.1) is 0 Å². The number of ether oxygens (including phenoxy) is 2. The Morgan fingerprint density at radius 1 is 1.14 bits per heavy atom. The van der Waals surface area contributed by atoms with Crippen LogP contribution in [0.1, 0.15) is 22.3 Å². The Labute approximate surface area is 168 Å². The Kier molecular flexibility index (Phi) is 5.50. The number of fused-ring (bicyclic) bond motifs is 1.